The highest BCUT2D eigenvalue weighted by molar-refractivity contribution is 6.04. The molecule has 0 radical (unpaired) electrons. The van der Waals surface area contributed by atoms with E-state index in [0.717, 1.165) is 16.8 Å². The third kappa shape index (κ3) is 5.49. The fourth-order valence-electron chi connectivity index (χ4n) is 3.91. The standard InChI is InChI=1S/C24H31FN4O3/c1-15-6-7-19(12-26-15)23(30)27-22-11-21(25)10-20(17(22)3)14-28-8-9-29(16(2)13-28)24(31)18(4)32-5/h6-7,10-12,16,18H,8-9,13-14H2,1-5H3,(H,27,30). The van der Waals surface area contributed by atoms with E-state index in [0.29, 0.717) is 37.4 Å². The lowest BCUT2D eigenvalue weighted by Gasteiger charge is -2.41. The molecule has 1 N–H and O–H groups in total. The van der Waals surface area contributed by atoms with E-state index in [-0.39, 0.29) is 17.9 Å². The molecule has 0 saturated carbocycles. The molecular weight excluding hydrogens is 411 g/mol. The topological polar surface area (TPSA) is 74.8 Å². The number of nitrogens with one attached hydrogen (secondary N) is 1. The Bertz CT molecular complexity index is 980. The zero-order chi connectivity index (χ0) is 23.4. The Balaban J connectivity index is 1.70. The quantitative estimate of drug-likeness (QED) is 0.744. The van der Waals surface area contributed by atoms with Gasteiger partial charge in [0.05, 0.1) is 5.56 Å². The van der Waals surface area contributed by atoms with Gasteiger partial charge in [0.25, 0.3) is 11.8 Å². The van der Waals surface area contributed by atoms with E-state index in [4.69, 9.17) is 4.74 Å². The van der Waals surface area contributed by atoms with E-state index in [1.54, 1.807) is 19.1 Å². The molecule has 2 unspecified atom stereocenters. The summed E-state index contributed by atoms with van der Waals surface area (Å²) >= 11 is 0. The number of rotatable bonds is 6. The molecule has 0 bridgehead atoms. The molecule has 3 rings (SSSR count). The van der Waals surface area contributed by atoms with Gasteiger partial charge in [0.2, 0.25) is 0 Å². The van der Waals surface area contributed by atoms with Crippen LogP contribution in [0.25, 0.3) is 0 Å². The molecule has 8 heteroatoms. The maximum absolute atomic E-state index is 14.4. The van der Waals surface area contributed by atoms with Gasteiger partial charge in [-0.05, 0) is 63.1 Å². The summed E-state index contributed by atoms with van der Waals surface area (Å²) in [5.74, 6) is -0.749. The lowest BCUT2D eigenvalue weighted by Crippen LogP contribution is -2.55. The van der Waals surface area contributed by atoms with Crippen LogP contribution in [0.5, 0.6) is 0 Å². The highest BCUT2D eigenvalue weighted by atomic mass is 19.1. The first kappa shape index (κ1) is 23.8. The lowest BCUT2D eigenvalue weighted by molar-refractivity contribution is -0.145. The van der Waals surface area contributed by atoms with Crippen molar-refractivity contribution in [2.75, 3.05) is 32.1 Å². The van der Waals surface area contributed by atoms with Crippen molar-refractivity contribution < 1.29 is 18.7 Å². The number of anilines is 1. The summed E-state index contributed by atoms with van der Waals surface area (Å²) in [7, 11) is 1.53. The minimum atomic E-state index is -0.468. The van der Waals surface area contributed by atoms with Crippen LogP contribution in [0.15, 0.2) is 30.5 Å². The average molecular weight is 443 g/mol. The third-order valence-electron chi connectivity index (χ3n) is 5.99. The van der Waals surface area contributed by atoms with Gasteiger partial charge in [-0.1, -0.05) is 0 Å². The third-order valence-corrected chi connectivity index (χ3v) is 5.99. The van der Waals surface area contributed by atoms with Gasteiger partial charge < -0.3 is 15.0 Å². The molecule has 172 valence electrons. The summed E-state index contributed by atoms with van der Waals surface area (Å²) in [5.41, 5.74) is 3.30. The second kappa shape index (κ2) is 10.2. The van der Waals surface area contributed by atoms with Gasteiger partial charge in [0.15, 0.2) is 0 Å². The molecule has 7 nitrogen and oxygen atoms in total. The molecule has 1 aliphatic heterocycles. The minimum absolute atomic E-state index is 0.0165. The lowest BCUT2D eigenvalue weighted by atomic mass is 10.0. The van der Waals surface area contributed by atoms with E-state index in [1.807, 2.05) is 25.7 Å². The highest BCUT2D eigenvalue weighted by Gasteiger charge is 2.30. The molecular formula is C24H31FN4O3. The average Bonchev–Trinajstić information content (AvgIpc) is 2.76. The second-order valence-corrected chi connectivity index (χ2v) is 8.37. The van der Waals surface area contributed by atoms with Gasteiger partial charge in [0, 0.05) is 56.9 Å². The number of carbonyl (C=O) groups is 2. The Hall–Kier alpha value is -2.84. The van der Waals surface area contributed by atoms with E-state index in [9.17, 15) is 14.0 Å². The number of hydrogen-bond acceptors (Lipinski definition) is 5. The molecule has 1 aromatic carbocycles. The van der Waals surface area contributed by atoms with Crippen LogP contribution in [0.2, 0.25) is 0 Å². The SMILES string of the molecule is COC(C)C(=O)N1CCN(Cc2cc(F)cc(NC(=O)c3ccc(C)nc3)c2C)CC1C. The van der Waals surface area contributed by atoms with Gasteiger partial charge in [0.1, 0.15) is 11.9 Å². The van der Waals surface area contributed by atoms with E-state index in [1.165, 1.54) is 25.4 Å². The van der Waals surface area contributed by atoms with Crippen molar-refractivity contribution in [2.24, 2.45) is 0 Å². The number of piperazine rings is 1. The summed E-state index contributed by atoms with van der Waals surface area (Å²) in [4.78, 5) is 33.2. The molecule has 32 heavy (non-hydrogen) atoms. The van der Waals surface area contributed by atoms with Crippen molar-refractivity contribution in [1.82, 2.24) is 14.8 Å². The van der Waals surface area contributed by atoms with Crippen LogP contribution in [-0.4, -0.2) is 65.5 Å². The van der Waals surface area contributed by atoms with Crippen LogP contribution in [0.3, 0.4) is 0 Å². The number of carbonyl (C=O) groups excluding carboxylic acids is 2. The summed E-state index contributed by atoms with van der Waals surface area (Å²) < 4.78 is 19.6. The van der Waals surface area contributed by atoms with Crippen molar-refractivity contribution in [2.45, 2.75) is 46.4 Å². The van der Waals surface area contributed by atoms with Gasteiger partial charge in [-0.3, -0.25) is 19.5 Å². The molecule has 1 fully saturated rings. The highest BCUT2D eigenvalue weighted by Crippen LogP contribution is 2.24. The summed E-state index contributed by atoms with van der Waals surface area (Å²) in [6, 6.07) is 6.32. The zero-order valence-electron chi connectivity index (χ0n) is 19.3. The number of ether oxygens (including phenoxy) is 1. The van der Waals surface area contributed by atoms with Crippen molar-refractivity contribution in [3.63, 3.8) is 0 Å². The maximum atomic E-state index is 14.4. The molecule has 1 aliphatic rings. The largest absolute Gasteiger partial charge is 0.372 e. The van der Waals surface area contributed by atoms with Crippen molar-refractivity contribution in [3.05, 3.63) is 58.7 Å². The van der Waals surface area contributed by atoms with Gasteiger partial charge >= 0.3 is 0 Å². The number of aryl methyl sites for hydroxylation is 1. The van der Waals surface area contributed by atoms with E-state index >= 15 is 0 Å². The number of nitrogens with zero attached hydrogens (tertiary/aromatic N) is 3. The molecule has 0 spiro atoms. The predicted octanol–water partition coefficient (Wildman–Crippen LogP) is 3.16. The monoisotopic (exact) mass is 442 g/mol. The van der Waals surface area contributed by atoms with Gasteiger partial charge in [-0.2, -0.15) is 0 Å². The first-order valence-corrected chi connectivity index (χ1v) is 10.8. The Morgan fingerprint density at radius 3 is 2.66 bits per heavy atom. The smallest absolute Gasteiger partial charge is 0.257 e. The zero-order valence-corrected chi connectivity index (χ0v) is 19.3. The van der Waals surface area contributed by atoms with Crippen LogP contribution in [0.1, 0.15) is 41.0 Å². The first-order chi connectivity index (χ1) is 15.2. The second-order valence-electron chi connectivity index (χ2n) is 8.37. The van der Waals surface area contributed by atoms with Crippen LogP contribution >= 0.6 is 0 Å². The number of amides is 2. The molecule has 2 amide bonds. The summed E-state index contributed by atoms with van der Waals surface area (Å²) in [5, 5.41) is 2.81. The number of benzene rings is 1. The fraction of sp³-hybridized carbons (Fsp3) is 0.458. The Morgan fingerprint density at radius 1 is 1.28 bits per heavy atom. The van der Waals surface area contributed by atoms with Gasteiger partial charge in [-0.15, -0.1) is 0 Å². The Morgan fingerprint density at radius 2 is 2.03 bits per heavy atom. The van der Waals surface area contributed by atoms with Gasteiger partial charge in [-0.25, -0.2) is 4.39 Å². The van der Waals surface area contributed by atoms with Crippen molar-refractivity contribution in [3.8, 4) is 0 Å². The fourth-order valence-corrected chi connectivity index (χ4v) is 3.91. The van der Waals surface area contributed by atoms with Crippen molar-refractivity contribution in [1.29, 1.82) is 0 Å². The minimum Gasteiger partial charge on any atom is -0.372 e. The number of halogens is 1. The number of pyridine rings is 1. The van der Waals surface area contributed by atoms with Crippen LogP contribution in [-0.2, 0) is 16.1 Å². The normalized spacial score (nSPS) is 17.8. The molecule has 2 atom stereocenters. The van der Waals surface area contributed by atoms with Crippen LogP contribution in [0, 0.1) is 19.7 Å². The molecule has 1 aromatic heterocycles. The van der Waals surface area contributed by atoms with Crippen LogP contribution in [0.4, 0.5) is 10.1 Å². The molecule has 2 aromatic rings. The molecule has 0 aliphatic carbocycles. The molecule has 1 saturated heterocycles. The summed E-state index contributed by atoms with van der Waals surface area (Å²) in [6.45, 7) is 9.96. The van der Waals surface area contributed by atoms with E-state index < -0.39 is 11.9 Å². The van der Waals surface area contributed by atoms with Crippen LogP contribution < -0.4 is 5.32 Å². The maximum Gasteiger partial charge on any atom is 0.257 e. The number of hydrogen-bond donors (Lipinski definition) is 1. The van der Waals surface area contributed by atoms with E-state index in [2.05, 4.69) is 15.2 Å². The predicted molar refractivity (Wildman–Crippen MR) is 121 cm³/mol. The molecule has 2 heterocycles. The Kier molecular flexibility index (Phi) is 7.58. The Labute approximate surface area is 188 Å². The van der Waals surface area contributed by atoms with Crippen molar-refractivity contribution >= 4 is 17.5 Å². The summed E-state index contributed by atoms with van der Waals surface area (Å²) in [6.07, 6.45) is 1.04. The number of methoxy groups -OCH3 is 1. The number of aromatic nitrogens is 1. The first-order valence-electron chi connectivity index (χ1n) is 10.8.